The van der Waals surface area contributed by atoms with E-state index in [-0.39, 0.29) is 11.5 Å². The molecular weight excluding hydrogens is 366 g/mol. The monoisotopic (exact) mass is 397 g/mol. The van der Waals surface area contributed by atoms with E-state index in [0.29, 0.717) is 30.4 Å². The van der Waals surface area contributed by atoms with Crippen molar-refractivity contribution < 1.29 is 13.9 Å². The summed E-state index contributed by atoms with van der Waals surface area (Å²) >= 11 is 0. The Kier molecular flexibility index (Phi) is 7.64. The Hall–Kier alpha value is -2.40. The third-order valence-corrected chi connectivity index (χ3v) is 5.54. The maximum absolute atomic E-state index is 12.8. The smallest absolute Gasteiger partial charge is 0.349 e. The first-order valence-electron chi connectivity index (χ1n) is 10.6. The molecule has 1 unspecified atom stereocenters. The minimum absolute atomic E-state index is 0.149. The van der Waals surface area contributed by atoms with Crippen LogP contribution in [0, 0.1) is 6.92 Å². The highest BCUT2D eigenvalue weighted by Crippen LogP contribution is 2.17. The number of aryl methyl sites for hydroxylation is 3. The molecule has 2 aromatic rings. The second-order valence-corrected chi connectivity index (χ2v) is 7.90. The van der Waals surface area contributed by atoms with E-state index in [9.17, 15) is 9.59 Å². The maximum Gasteiger partial charge on any atom is 0.349 e. The molecule has 1 saturated heterocycles. The summed E-state index contributed by atoms with van der Waals surface area (Å²) in [6.07, 6.45) is 6.86. The summed E-state index contributed by atoms with van der Waals surface area (Å²) in [5.74, 6) is 0.375. The van der Waals surface area contributed by atoms with Crippen molar-refractivity contribution in [1.29, 1.82) is 0 Å². The third kappa shape index (κ3) is 6.04. The minimum atomic E-state index is -0.532. The molecule has 5 heteroatoms. The van der Waals surface area contributed by atoms with Crippen LogP contribution >= 0.6 is 0 Å². The SMILES string of the molecule is Cc1cc(CCCc2ccccc2)oc(=O)c1C(=O)N(C)CCCC1CCCO1. The van der Waals surface area contributed by atoms with Crippen LogP contribution in [0.2, 0.25) is 0 Å². The first-order chi connectivity index (χ1) is 14.0. The lowest BCUT2D eigenvalue weighted by Crippen LogP contribution is -2.33. The second-order valence-electron chi connectivity index (χ2n) is 7.90. The van der Waals surface area contributed by atoms with Gasteiger partial charge >= 0.3 is 5.63 Å². The zero-order chi connectivity index (χ0) is 20.6. The van der Waals surface area contributed by atoms with Crippen molar-refractivity contribution in [2.75, 3.05) is 20.2 Å². The Morgan fingerprint density at radius 3 is 2.66 bits per heavy atom. The third-order valence-electron chi connectivity index (χ3n) is 5.54. The van der Waals surface area contributed by atoms with E-state index in [1.54, 1.807) is 11.9 Å². The van der Waals surface area contributed by atoms with Gasteiger partial charge in [0, 0.05) is 26.6 Å². The van der Waals surface area contributed by atoms with Crippen LogP contribution in [-0.4, -0.2) is 37.1 Å². The highest BCUT2D eigenvalue weighted by Gasteiger charge is 2.21. The van der Waals surface area contributed by atoms with Crippen LogP contribution in [-0.2, 0) is 17.6 Å². The van der Waals surface area contributed by atoms with Crippen LogP contribution < -0.4 is 5.63 Å². The second kappa shape index (κ2) is 10.4. The van der Waals surface area contributed by atoms with Gasteiger partial charge in [0.1, 0.15) is 11.3 Å². The van der Waals surface area contributed by atoms with Crippen molar-refractivity contribution in [3.63, 3.8) is 0 Å². The molecule has 3 rings (SSSR count). The number of carbonyl (C=O) groups is 1. The van der Waals surface area contributed by atoms with Crippen molar-refractivity contribution in [3.05, 3.63) is 69.3 Å². The Morgan fingerprint density at radius 1 is 1.17 bits per heavy atom. The van der Waals surface area contributed by atoms with Crippen LogP contribution in [0.25, 0.3) is 0 Å². The molecule has 1 atom stereocenters. The number of nitrogens with zero attached hydrogens (tertiary/aromatic N) is 1. The van der Waals surface area contributed by atoms with Crippen LogP contribution in [0.5, 0.6) is 0 Å². The van der Waals surface area contributed by atoms with Gasteiger partial charge in [-0.2, -0.15) is 0 Å². The summed E-state index contributed by atoms with van der Waals surface area (Å²) in [5.41, 5.74) is 1.57. The van der Waals surface area contributed by atoms with Crippen LogP contribution in [0.3, 0.4) is 0 Å². The zero-order valence-electron chi connectivity index (χ0n) is 17.5. The molecule has 1 aliphatic heterocycles. The summed E-state index contributed by atoms with van der Waals surface area (Å²) in [7, 11) is 1.74. The van der Waals surface area contributed by atoms with E-state index in [4.69, 9.17) is 9.15 Å². The average Bonchev–Trinajstić information content (AvgIpc) is 3.21. The van der Waals surface area contributed by atoms with Gasteiger partial charge in [-0.05, 0) is 62.6 Å². The Labute approximate surface area is 172 Å². The lowest BCUT2D eigenvalue weighted by atomic mass is 10.1. The molecule has 0 radical (unpaired) electrons. The zero-order valence-corrected chi connectivity index (χ0v) is 17.5. The maximum atomic E-state index is 12.8. The number of ether oxygens (including phenoxy) is 1. The first kappa shape index (κ1) is 21.3. The molecule has 29 heavy (non-hydrogen) atoms. The molecule has 1 amide bonds. The lowest BCUT2D eigenvalue weighted by Gasteiger charge is -2.18. The molecule has 0 N–H and O–H groups in total. The van der Waals surface area contributed by atoms with Gasteiger partial charge in [0.25, 0.3) is 5.91 Å². The van der Waals surface area contributed by atoms with Crippen molar-refractivity contribution in [3.8, 4) is 0 Å². The predicted octanol–water partition coefficient (Wildman–Crippen LogP) is 4.15. The van der Waals surface area contributed by atoms with Gasteiger partial charge in [-0.3, -0.25) is 4.79 Å². The van der Waals surface area contributed by atoms with Gasteiger partial charge in [-0.15, -0.1) is 0 Å². The van der Waals surface area contributed by atoms with Gasteiger partial charge in [-0.1, -0.05) is 30.3 Å². The fourth-order valence-electron chi connectivity index (χ4n) is 3.89. The van der Waals surface area contributed by atoms with E-state index in [0.717, 1.165) is 45.1 Å². The molecule has 1 aromatic carbocycles. The van der Waals surface area contributed by atoms with Crippen LogP contribution in [0.1, 0.15) is 59.3 Å². The number of benzene rings is 1. The lowest BCUT2D eigenvalue weighted by molar-refractivity contribution is 0.0758. The topological polar surface area (TPSA) is 59.8 Å². The van der Waals surface area contributed by atoms with E-state index >= 15 is 0 Å². The number of hydrogen-bond acceptors (Lipinski definition) is 4. The van der Waals surface area contributed by atoms with Gasteiger partial charge in [0.2, 0.25) is 0 Å². The molecule has 1 fully saturated rings. The number of rotatable bonds is 9. The Morgan fingerprint density at radius 2 is 1.97 bits per heavy atom. The van der Waals surface area contributed by atoms with E-state index in [2.05, 4.69) is 12.1 Å². The molecule has 0 aliphatic carbocycles. The van der Waals surface area contributed by atoms with Gasteiger partial charge < -0.3 is 14.1 Å². The highest BCUT2D eigenvalue weighted by molar-refractivity contribution is 5.94. The summed E-state index contributed by atoms with van der Waals surface area (Å²) in [4.78, 5) is 26.9. The Bertz CT molecular complexity index is 853. The number of carbonyl (C=O) groups excluding carboxylic acids is 1. The molecule has 2 heterocycles. The summed E-state index contributed by atoms with van der Waals surface area (Å²) < 4.78 is 11.1. The molecule has 0 bridgehead atoms. The molecule has 156 valence electrons. The molecular formula is C24H31NO4. The predicted molar refractivity (Wildman–Crippen MR) is 113 cm³/mol. The van der Waals surface area contributed by atoms with E-state index in [1.165, 1.54) is 5.56 Å². The molecule has 0 spiro atoms. The van der Waals surface area contributed by atoms with Gasteiger partial charge in [-0.25, -0.2) is 4.79 Å². The van der Waals surface area contributed by atoms with Crippen molar-refractivity contribution in [1.82, 2.24) is 4.90 Å². The van der Waals surface area contributed by atoms with Crippen LogP contribution in [0.15, 0.2) is 45.6 Å². The fraction of sp³-hybridized carbons (Fsp3) is 0.500. The summed E-state index contributed by atoms with van der Waals surface area (Å²) in [6.45, 7) is 3.26. The first-order valence-corrected chi connectivity index (χ1v) is 10.6. The van der Waals surface area contributed by atoms with Crippen molar-refractivity contribution >= 4 is 5.91 Å². The fourth-order valence-corrected chi connectivity index (χ4v) is 3.89. The van der Waals surface area contributed by atoms with E-state index < -0.39 is 5.63 Å². The molecule has 1 aliphatic rings. The van der Waals surface area contributed by atoms with Crippen molar-refractivity contribution in [2.45, 2.75) is 58.0 Å². The van der Waals surface area contributed by atoms with Crippen molar-refractivity contribution in [2.24, 2.45) is 0 Å². The summed E-state index contributed by atoms with van der Waals surface area (Å²) in [5, 5.41) is 0. The quantitative estimate of drug-likeness (QED) is 0.638. The Balaban J connectivity index is 1.54. The normalized spacial score (nSPS) is 16.1. The molecule has 5 nitrogen and oxygen atoms in total. The molecule has 0 saturated carbocycles. The van der Waals surface area contributed by atoms with Gasteiger partial charge in [0.15, 0.2) is 0 Å². The number of amides is 1. The summed E-state index contributed by atoms with van der Waals surface area (Å²) in [6, 6.07) is 12.1. The largest absolute Gasteiger partial charge is 0.427 e. The highest BCUT2D eigenvalue weighted by atomic mass is 16.5. The van der Waals surface area contributed by atoms with Gasteiger partial charge in [0.05, 0.1) is 6.10 Å². The minimum Gasteiger partial charge on any atom is -0.427 e. The van der Waals surface area contributed by atoms with Crippen LogP contribution in [0.4, 0.5) is 0 Å². The molecule has 1 aromatic heterocycles. The number of hydrogen-bond donors (Lipinski definition) is 0. The van der Waals surface area contributed by atoms with E-state index in [1.807, 2.05) is 31.2 Å². The standard InChI is InChI=1S/C24H31NO4/c1-18-17-21(12-6-11-19-9-4-3-5-10-19)29-24(27)22(18)23(26)25(2)15-7-13-20-14-8-16-28-20/h3-5,9-10,17,20H,6-8,11-16H2,1-2H3. The average molecular weight is 398 g/mol.